The quantitative estimate of drug-likeness (QED) is 0.554. The molecule has 0 atom stereocenters. The van der Waals surface area contributed by atoms with E-state index < -0.39 is 15.9 Å². The Balaban J connectivity index is 2.12. The van der Waals surface area contributed by atoms with Crippen LogP contribution in [0.25, 0.3) is 11.1 Å². The van der Waals surface area contributed by atoms with Gasteiger partial charge in [-0.05, 0) is 10.7 Å². The highest BCUT2D eigenvalue weighted by Gasteiger charge is 2.07. The van der Waals surface area contributed by atoms with Crippen molar-refractivity contribution >= 4 is 10.1 Å². The molecule has 2 heterocycles. The molecule has 0 spiro atoms. The van der Waals surface area contributed by atoms with Gasteiger partial charge in [-0.15, -0.1) is 0 Å². The molecule has 0 aliphatic heterocycles. The van der Waals surface area contributed by atoms with E-state index in [-0.39, 0.29) is 6.54 Å². The Morgan fingerprint density at radius 1 is 1.16 bits per heavy atom. The largest absolute Gasteiger partial charge is 0.748 e. The maximum atomic E-state index is 10.5. The Hall–Kier alpha value is -1.86. The molecule has 0 aliphatic rings. The van der Waals surface area contributed by atoms with Crippen molar-refractivity contribution in [3.63, 3.8) is 0 Å². The molecule has 2 aromatic rings. The van der Waals surface area contributed by atoms with Gasteiger partial charge < -0.3 is 4.55 Å². The van der Waals surface area contributed by atoms with Gasteiger partial charge in [0.2, 0.25) is 0 Å². The van der Waals surface area contributed by atoms with Gasteiger partial charge in [0.25, 0.3) is 0 Å². The fourth-order valence-corrected chi connectivity index (χ4v) is 2.00. The molecule has 7 heteroatoms. The van der Waals surface area contributed by atoms with Gasteiger partial charge in [0, 0.05) is 23.8 Å². The standard InChI is InChI=1S/C12H14N3O3S/c1-14-5-2-11(3-6-14)12-4-7-15(13-10-12)8-9-19(16,17)18/h2-7,10H,8-9H2,1H3/q+1. The summed E-state index contributed by atoms with van der Waals surface area (Å²) >= 11 is 0. The molecular weight excluding hydrogens is 266 g/mol. The molecule has 2 aromatic heterocycles. The average Bonchev–Trinajstić information content (AvgIpc) is 2.37. The number of rotatable bonds is 4. The second kappa shape index (κ2) is 5.41. The molecule has 0 fully saturated rings. The zero-order valence-electron chi connectivity index (χ0n) is 10.4. The first-order valence-electron chi connectivity index (χ1n) is 5.69. The lowest BCUT2D eigenvalue weighted by molar-refractivity contribution is -0.750. The van der Waals surface area contributed by atoms with Crippen molar-refractivity contribution < 1.29 is 22.2 Å². The van der Waals surface area contributed by atoms with E-state index in [2.05, 4.69) is 5.10 Å². The van der Waals surface area contributed by atoms with Gasteiger partial charge in [-0.3, -0.25) is 0 Å². The molecule has 19 heavy (non-hydrogen) atoms. The van der Waals surface area contributed by atoms with Crippen molar-refractivity contribution in [2.75, 3.05) is 5.75 Å². The molecule has 100 valence electrons. The third kappa shape index (κ3) is 4.08. The molecule has 0 saturated heterocycles. The summed E-state index contributed by atoms with van der Waals surface area (Å²) in [5, 5.41) is 4.09. The first-order chi connectivity index (χ1) is 8.94. The first-order valence-corrected chi connectivity index (χ1v) is 7.27. The minimum atomic E-state index is -4.20. The lowest BCUT2D eigenvalue weighted by Crippen LogP contribution is -2.40. The van der Waals surface area contributed by atoms with E-state index in [1.807, 2.05) is 42.2 Å². The topological polar surface area (TPSA) is 77.8 Å². The average molecular weight is 280 g/mol. The van der Waals surface area contributed by atoms with Crippen molar-refractivity contribution in [3.8, 4) is 11.1 Å². The van der Waals surface area contributed by atoms with E-state index in [0.717, 1.165) is 11.1 Å². The second-order valence-electron chi connectivity index (χ2n) is 4.19. The van der Waals surface area contributed by atoms with E-state index in [1.165, 1.54) is 4.68 Å². The van der Waals surface area contributed by atoms with Crippen LogP contribution in [0.4, 0.5) is 0 Å². The highest BCUT2D eigenvalue weighted by Crippen LogP contribution is 2.14. The molecule has 0 saturated carbocycles. The lowest BCUT2D eigenvalue weighted by atomic mass is 10.1. The van der Waals surface area contributed by atoms with Gasteiger partial charge in [-0.25, -0.2) is 13.0 Å². The van der Waals surface area contributed by atoms with Crippen molar-refractivity contribution in [3.05, 3.63) is 43.0 Å². The second-order valence-corrected chi connectivity index (χ2v) is 5.72. The third-order valence-corrected chi connectivity index (χ3v) is 3.34. The number of nitrogens with zero attached hydrogens (tertiary/aromatic N) is 3. The molecule has 0 radical (unpaired) electrons. The van der Waals surface area contributed by atoms with E-state index in [1.54, 1.807) is 12.4 Å². The molecule has 6 nitrogen and oxygen atoms in total. The lowest BCUT2D eigenvalue weighted by Gasteiger charge is -2.02. The zero-order valence-corrected chi connectivity index (χ0v) is 11.2. The number of aromatic nitrogens is 3. The number of aryl methyl sites for hydroxylation is 2. The fourth-order valence-electron chi connectivity index (χ4n) is 1.59. The predicted molar refractivity (Wildman–Crippen MR) is 65.6 cm³/mol. The van der Waals surface area contributed by atoms with Gasteiger partial charge in [0.15, 0.2) is 25.1 Å². The van der Waals surface area contributed by atoms with Gasteiger partial charge in [0.05, 0.1) is 5.75 Å². The Morgan fingerprint density at radius 3 is 2.32 bits per heavy atom. The first kappa shape index (κ1) is 13.6. The number of hydrogen-bond acceptors (Lipinski definition) is 4. The third-order valence-electron chi connectivity index (χ3n) is 2.65. The minimum absolute atomic E-state index is 0.0653. The molecule has 0 amide bonds. The molecule has 0 unspecified atom stereocenters. The van der Waals surface area contributed by atoms with Gasteiger partial charge >= 0.3 is 0 Å². The van der Waals surface area contributed by atoms with Crippen LogP contribution in [0, 0.1) is 0 Å². The van der Waals surface area contributed by atoms with Crippen LogP contribution in [-0.4, -0.2) is 23.8 Å². The van der Waals surface area contributed by atoms with Gasteiger partial charge in [-0.1, -0.05) is 4.68 Å². The van der Waals surface area contributed by atoms with E-state index in [9.17, 15) is 13.0 Å². The Labute approximate surface area is 111 Å². The van der Waals surface area contributed by atoms with Gasteiger partial charge in [0.1, 0.15) is 23.4 Å². The predicted octanol–water partition coefficient (Wildman–Crippen LogP) is -0.594. The summed E-state index contributed by atoms with van der Waals surface area (Å²) in [6.07, 6.45) is 7.17. The molecular formula is C12H14N3O3S+. The van der Waals surface area contributed by atoms with Crippen LogP contribution in [0.2, 0.25) is 0 Å². The monoisotopic (exact) mass is 280 g/mol. The van der Waals surface area contributed by atoms with E-state index in [4.69, 9.17) is 0 Å². The van der Waals surface area contributed by atoms with Crippen LogP contribution >= 0.6 is 0 Å². The molecule has 0 N–H and O–H groups in total. The molecule has 0 aromatic carbocycles. The van der Waals surface area contributed by atoms with Crippen LogP contribution < -0.4 is 9.25 Å². The molecule has 0 aliphatic carbocycles. The molecule has 0 bridgehead atoms. The number of hydrogen-bond donors (Lipinski definition) is 0. The zero-order chi connectivity index (χ0) is 13.9. The van der Waals surface area contributed by atoms with E-state index in [0.29, 0.717) is 0 Å². The van der Waals surface area contributed by atoms with Crippen molar-refractivity contribution in [2.24, 2.45) is 7.05 Å². The maximum Gasteiger partial charge on any atom is 0.196 e. The molecule has 2 rings (SSSR count). The summed E-state index contributed by atoms with van der Waals surface area (Å²) < 4.78 is 34.9. The minimum Gasteiger partial charge on any atom is -0.748 e. The normalized spacial score (nSPS) is 11.5. The van der Waals surface area contributed by atoms with Crippen LogP contribution in [0.3, 0.4) is 0 Å². The SMILES string of the molecule is C[n+]1ccc(-c2cc[n+](CCS(=O)(=O)[O-])nc2)cc1. The summed E-state index contributed by atoms with van der Waals surface area (Å²) in [6.45, 7) is 0.0653. The van der Waals surface area contributed by atoms with Crippen molar-refractivity contribution in [2.45, 2.75) is 6.54 Å². The van der Waals surface area contributed by atoms with Crippen LogP contribution in [0.1, 0.15) is 0 Å². The number of pyridine rings is 1. The van der Waals surface area contributed by atoms with Crippen LogP contribution in [-0.2, 0) is 23.7 Å². The Morgan fingerprint density at radius 2 is 1.79 bits per heavy atom. The maximum absolute atomic E-state index is 10.5. The van der Waals surface area contributed by atoms with E-state index >= 15 is 0 Å². The fraction of sp³-hybridized carbons (Fsp3) is 0.250. The highest BCUT2D eigenvalue weighted by atomic mass is 32.2. The highest BCUT2D eigenvalue weighted by molar-refractivity contribution is 7.85. The van der Waals surface area contributed by atoms with Crippen molar-refractivity contribution in [1.29, 1.82) is 0 Å². The Bertz CT molecular complexity index is 652. The summed E-state index contributed by atoms with van der Waals surface area (Å²) in [6, 6.07) is 5.76. The summed E-state index contributed by atoms with van der Waals surface area (Å²) in [5.41, 5.74) is 1.95. The summed E-state index contributed by atoms with van der Waals surface area (Å²) in [5.74, 6) is -0.453. The summed E-state index contributed by atoms with van der Waals surface area (Å²) in [4.78, 5) is 0. The summed E-state index contributed by atoms with van der Waals surface area (Å²) in [7, 11) is -2.27. The Kier molecular flexibility index (Phi) is 3.87. The van der Waals surface area contributed by atoms with Gasteiger partial charge in [-0.2, -0.15) is 0 Å². The smallest absolute Gasteiger partial charge is 0.196 e. The van der Waals surface area contributed by atoms with Crippen molar-refractivity contribution in [1.82, 2.24) is 5.10 Å². The van der Waals surface area contributed by atoms with Crippen LogP contribution in [0.5, 0.6) is 0 Å². The van der Waals surface area contributed by atoms with Crippen LogP contribution in [0.15, 0.2) is 43.0 Å².